The molecule has 1 aliphatic rings. The minimum atomic E-state index is -3.35. The molecule has 1 aliphatic heterocycles. The smallest absolute Gasteiger partial charge is 0.217 e. The maximum absolute atomic E-state index is 12.2. The van der Waals surface area contributed by atoms with E-state index in [-0.39, 0.29) is 12.4 Å². The van der Waals surface area contributed by atoms with Gasteiger partial charge in [0.05, 0.1) is 11.4 Å². The number of sulfonamides is 1. The van der Waals surface area contributed by atoms with Gasteiger partial charge in [-0.3, -0.25) is 0 Å². The van der Waals surface area contributed by atoms with Crippen molar-refractivity contribution in [2.24, 2.45) is 0 Å². The van der Waals surface area contributed by atoms with E-state index in [1.807, 2.05) is 0 Å². The summed E-state index contributed by atoms with van der Waals surface area (Å²) in [6, 6.07) is 6.89. The van der Waals surface area contributed by atoms with Crippen LogP contribution in [0, 0.1) is 0 Å². The molecular weight excluding hydrogens is 292 g/mol. The second kappa shape index (κ2) is 6.21. The third kappa shape index (κ3) is 4.59. The van der Waals surface area contributed by atoms with Crippen molar-refractivity contribution in [1.82, 2.24) is 4.31 Å². The van der Waals surface area contributed by atoms with Crippen LogP contribution in [-0.4, -0.2) is 48.9 Å². The number of hydrogen-bond donors (Lipinski definition) is 2. The van der Waals surface area contributed by atoms with E-state index in [1.165, 1.54) is 4.31 Å². The topological polar surface area (TPSA) is 92.9 Å². The van der Waals surface area contributed by atoms with Crippen LogP contribution in [0.2, 0.25) is 0 Å². The molecule has 0 amide bonds. The molecule has 118 valence electrons. The van der Waals surface area contributed by atoms with E-state index >= 15 is 0 Å². The van der Waals surface area contributed by atoms with Gasteiger partial charge >= 0.3 is 0 Å². The number of anilines is 1. The average Bonchev–Trinajstić information content (AvgIpc) is 2.38. The Labute approximate surface area is 125 Å². The van der Waals surface area contributed by atoms with Crippen LogP contribution in [-0.2, 0) is 10.0 Å². The van der Waals surface area contributed by atoms with Crippen LogP contribution in [0.4, 0.5) is 5.69 Å². The van der Waals surface area contributed by atoms with Gasteiger partial charge < -0.3 is 15.6 Å². The summed E-state index contributed by atoms with van der Waals surface area (Å²) in [5.74, 6) is 0.482. The Morgan fingerprint density at radius 3 is 2.67 bits per heavy atom. The second-order valence-electron chi connectivity index (χ2n) is 5.63. The van der Waals surface area contributed by atoms with E-state index in [0.717, 1.165) is 0 Å². The zero-order valence-electron chi connectivity index (χ0n) is 12.2. The molecule has 0 atom stereocenters. The summed E-state index contributed by atoms with van der Waals surface area (Å²) in [6.45, 7) is 2.53. The summed E-state index contributed by atoms with van der Waals surface area (Å²) in [5, 5.41) is 9.85. The maximum atomic E-state index is 12.2. The van der Waals surface area contributed by atoms with Gasteiger partial charge in [0.1, 0.15) is 12.4 Å². The molecule has 2 rings (SSSR count). The molecule has 1 fully saturated rings. The lowest BCUT2D eigenvalue weighted by Crippen LogP contribution is -2.46. The van der Waals surface area contributed by atoms with Gasteiger partial charge in [-0.15, -0.1) is 0 Å². The van der Waals surface area contributed by atoms with Gasteiger partial charge in [-0.05, 0) is 31.9 Å². The largest absolute Gasteiger partial charge is 0.492 e. The van der Waals surface area contributed by atoms with E-state index in [0.29, 0.717) is 37.4 Å². The average molecular weight is 314 g/mol. The molecule has 3 N–H and O–H groups in total. The first kappa shape index (κ1) is 16.1. The van der Waals surface area contributed by atoms with Gasteiger partial charge in [-0.2, -0.15) is 0 Å². The van der Waals surface area contributed by atoms with Gasteiger partial charge in [0.2, 0.25) is 10.0 Å². The standard InChI is InChI=1S/C14H22N2O4S/c1-14(17)5-7-16(8-6-14)21(18,19)10-9-20-13-4-2-3-12(15)11-13/h2-4,11,17H,5-10,15H2,1H3. The molecule has 0 bridgehead atoms. The van der Waals surface area contributed by atoms with Crippen LogP contribution >= 0.6 is 0 Å². The van der Waals surface area contributed by atoms with Crippen molar-refractivity contribution in [1.29, 1.82) is 0 Å². The normalized spacial score (nSPS) is 19.3. The molecule has 7 heteroatoms. The third-order valence-corrected chi connectivity index (χ3v) is 5.50. The van der Waals surface area contributed by atoms with E-state index in [9.17, 15) is 13.5 Å². The number of nitrogens with two attached hydrogens (primary N) is 1. The van der Waals surface area contributed by atoms with Gasteiger partial charge in [0.15, 0.2) is 0 Å². The summed E-state index contributed by atoms with van der Waals surface area (Å²) in [5.41, 5.74) is 5.45. The number of ether oxygens (including phenoxy) is 1. The summed E-state index contributed by atoms with van der Waals surface area (Å²) >= 11 is 0. The SMILES string of the molecule is CC1(O)CCN(S(=O)(=O)CCOc2cccc(N)c2)CC1. The molecule has 6 nitrogen and oxygen atoms in total. The Morgan fingerprint density at radius 2 is 2.05 bits per heavy atom. The fraction of sp³-hybridized carbons (Fsp3) is 0.571. The molecule has 1 aromatic rings. The van der Waals surface area contributed by atoms with Crippen LogP contribution in [0.15, 0.2) is 24.3 Å². The molecular formula is C14H22N2O4S. The van der Waals surface area contributed by atoms with Crippen molar-refractivity contribution in [3.63, 3.8) is 0 Å². The number of nitrogen functional groups attached to an aromatic ring is 1. The fourth-order valence-electron chi connectivity index (χ4n) is 2.24. The number of rotatable bonds is 5. The van der Waals surface area contributed by atoms with E-state index in [1.54, 1.807) is 31.2 Å². The van der Waals surface area contributed by atoms with Crippen molar-refractivity contribution < 1.29 is 18.3 Å². The number of benzene rings is 1. The Bertz CT molecular complexity index is 576. The lowest BCUT2D eigenvalue weighted by molar-refractivity contribution is 0.0126. The summed E-state index contributed by atoms with van der Waals surface area (Å²) in [6.07, 6.45) is 0.921. The summed E-state index contributed by atoms with van der Waals surface area (Å²) in [4.78, 5) is 0. The van der Waals surface area contributed by atoms with E-state index in [4.69, 9.17) is 10.5 Å². The molecule has 0 aliphatic carbocycles. The van der Waals surface area contributed by atoms with Crippen LogP contribution in [0.3, 0.4) is 0 Å². The van der Waals surface area contributed by atoms with Gasteiger partial charge in [-0.1, -0.05) is 6.07 Å². The Morgan fingerprint density at radius 1 is 1.38 bits per heavy atom. The predicted octanol–water partition coefficient (Wildman–Crippen LogP) is 0.824. The van der Waals surface area contributed by atoms with Crippen molar-refractivity contribution in [3.05, 3.63) is 24.3 Å². The first-order valence-corrected chi connectivity index (χ1v) is 8.58. The molecule has 0 spiro atoms. The predicted molar refractivity (Wildman–Crippen MR) is 81.6 cm³/mol. The molecule has 0 saturated carbocycles. The van der Waals surface area contributed by atoms with Crippen LogP contribution in [0.5, 0.6) is 5.75 Å². The van der Waals surface area contributed by atoms with Crippen molar-refractivity contribution >= 4 is 15.7 Å². The second-order valence-corrected chi connectivity index (χ2v) is 7.72. The highest BCUT2D eigenvalue weighted by Crippen LogP contribution is 2.23. The monoisotopic (exact) mass is 314 g/mol. The number of nitrogens with zero attached hydrogens (tertiary/aromatic N) is 1. The van der Waals surface area contributed by atoms with E-state index < -0.39 is 15.6 Å². The molecule has 0 aromatic heterocycles. The highest BCUT2D eigenvalue weighted by atomic mass is 32.2. The van der Waals surface area contributed by atoms with Gasteiger partial charge in [0, 0.05) is 24.8 Å². The lowest BCUT2D eigenvalue weighted by atomic mass is 9.95. The molecule has 1 saturated heterocycles. The minimum absolute atomic E-state index is 0.0794. The van der Waals surface area contributed by atoms with Crippen molar-refractivity contribution in [3.8, 4) is 5.75 Å². The molecule has 21 heavy (non-hydrogen) atoms. The number of piperidine rings is 1. The maximum Gasteiger partial charge on any atom is 0.217 e. The number of aliphatic hydroxyl groups is 1. The first-order valence-electron chi connectivity index (χ1n) is 6.97. The summed E-state index contributed by atoms with van der Waals surface area (Å²) in [7, 11) is -3.35. The van der Waals surface area contributed by atoms with Crippen LogP contribution in [0.1, 0.15) is 19.8 Å². The van der Waals surface area contributed by atoms with Gasteiger partial charge in [-0.25, -0.2) is 12.7 Å². The summed E-state index contributed by atoms with van der Waals surface area (Å²) < 4.78 is 31.2. The molecule has 1 aromatic carbocycles. The Kier molecular flexibility index (Phi) is 4.75. The molecule has 0 radical (unpaired) electrons. The quantitative estimate of drug-likeness (QED) is 0.785. The highest BCUT2D eigenvalue weighted by molar-refractivity contribution is 7.89. The van der Waals surface area contributed by atoms with Crippen molar-refractivity contribution in [2.45, 2.75) is 25.4 Å². The highest BCUT2D eigenvalue weighted by Gasteiger charge is 2.32. The van der Waals surface area contributed by atoms with Crippen LogP contribution < -0.4 is 10.5 Å². The zero-order chi connectivity index (χ0) is 15.5. The first-order chi connectivity index (χ1) is 9.78. The minimum Gasteiger partial charge on any atom is -0.492 e. The third-order valence-electron chi connectivity index (χ3n) is 3.66. The van der Waals surface area contributed by atoms with Gasteiger partial charge in [0.25, 0.3) is 0 Å². The molecule has 0 unspecified atom stereocenters. The number of hydrogen-bond acceptors (Lipinski definition) is 5. The Hall–Kier alpha value is -1.31. The van der Waals surface area contributed by atoms with Crippen molar-refractivity contribution in [2.75, 3.05) is 31.2 Å². The zero-order valence-corrected chi connectivity index (χ0v) is 13.0. The van der Waals surface area contributed by atoms with Crippen LogP contribution in [0.25, 0.3) is 0 Å². The van der Waals surface area contributed by atoms with E-state index in [2.05, 4.69) is 0 Å². The Balaban J connectivity index is 1.84. The molecule has 1 heterocycles. The fourth-order valence-corrected chi connectivity index (χ4v) is 3.54. The lowest BCUT2D eigenvalue weighted by Gasteiger charge is -2.34.